The zero-order valence-electron chi connectivity index (χ0n) is 16.1. The van der Waals surface area contributed by atoms with Gasteiger partial charge in [-0.1, -0.05) is 24.3 Å². The summed E-state index contributed by atoms with van der Waals surface area (Å²) >= 11 is 0. The summed E-state index contributed by atoms with van der Waals surface area (Å²) in [6, 6.07) is 13.4. The van der Waals surface area contributed by atoms with Crippen LogP contribution in [-0.4, -0.2) is 38.3 Å². The predicted molar refractivity (Wildman–Crippen MR) is 103 cm³/mol. The first-order valence-corrected chi connectivity index (χ1v) is 8.96. The minimum Gasteiger partial charge on any atom is -0.497 e. The molecule has 0 aromatic heterocycles. The number of benzene rings is 2. The second-order valence-electron chi connectivity index (χ2n) is 6.34. The Morgan fingerprint density at radius 3 is 2.59 bits per heavy atom. The molecule has 27 heavy (non-hydrogen) atoms. The number of hydrogen-bond acceptors (Lipinski definition) is 3. The molecule has 2 aromatic rings. The Kier molecular flexibility index (Phi) is 8.07. The smallest absolute Gasteiger partial charge is 0.318 e. The van der Waals surface area contributed by atoms with Gasteiger partial charge < -0.3 is 19.7 Å². The third-order valence-corrected chi connectivity index (χ3v) is 4.28. The third-order valence-electron chi connectivity index (χ3n) is 4.28. The van der Waals surface area contributed by atoms with Crippen molar-refractivity contribution in [2.75, 3.05) is 27.4 Å². The van der Waals surface area contributed by atoms with E-state index in [0.717, 1.165) is 23.3 Å². The molecule has 0 saturated heterocycles. The Morgan fingerprint density at radius 1 is 1.19 bits per heavy atom. The minimum atomic E-state index is -0.295. The van der Waals surface area contributed by atoms with E-state index in [9.17, 15) is 9.18 Å². The zero-order valence-corrected chi connectivity index (χ0v) is 16.1. The van der Waals surface area contributed by atoms with E-state index in [1.54, 1.807) is 31.3 Å². The Bertz CT molecular complexity index is 722. The van der Waals surface area contributed by atoms with Gasteiger partial charge in [0.15, 0.2) is 0 Å². The van der Waals surface area contributed by atoms with E-state index < -0.39 is 0 Å². The van der Waals surface area contributed by atoms with E-state index in [-0.39, 0.29) is 17.9 Å². The SMILES string of the molecule is COCCCN(Cc1cccc(OC)c1)C(=O)N[C@@H](C)c1ccc(F)cc1. The van der Waals surface area contributed by atoms with E-state index in [2.05, 4.69) is 5.32 Å². The van der Waals surface area contributed by atoms with Crippen LogP contribution in [0.4, 0.5) is 9.18 Å². The molecule has 2 amide bonds. The Balaban J connectivity index is 2.06. The van der Waals surface area contributed by atoms with E-state index in [0.29, 0.717) is 19.7 Å². The lowest BCUT2D eigenvalue weighted by molar-refractivity contribution is 0.164. The molecular formula is C21H27FN2O3. The van der Waals surface area contributed by atoms with Gasteiger partial charge in [0.25, 0.3) is 0 Å². The monoisotopic (exact) mass is 374 g/mol. The van der Waals surface area contributed by atoms with Gasteiger partial charge in [-0.3, -0.25) is 0 Å². The predicted octanol–water partition coefficient (Wildman–Crippen LogP) is 4.14. The summed E-state index contributed by atoms with van der Waals surface area (Å²) < 4.78 is 23.5. The average Bonchev–Trinajstić information content (AvgIpc) is 2.68. The van der Waals surface area contributed by atoms with Crippen LogP contribution >= 0.6 is 0 Å². The molecule has 0 fully saturated rings. The van der Waals surface area contributed by atoms with Crippen molar-refractivity contribution in [1.29, 1.82) is 0 Å². The molecule has 0 unspecified atom stereocenters. The number of nitrogens with one attached hydrogen (secondary N) is 1. The number of amides is 2. The highest BCUT2D eigenvalue weighted by Gasteiger charge is 2.17. The first kappa shape index (κ1) is 20.7. The fourth-order valence-corrected chi connectivity index (χ4v) is 2.75. The second kappa shape index (κ2) is 10.5. The number of ether oxygens (including phenoxy) is 2. The third kappa shape index (κ3) is 6.57. The van der Waals surface area contributed by atoms with Gasteiger partial charge in [0, 0.05) is 26.8 Å². The van der Waals surface area contributed by atoms with Gasteiger partial charge in [-0.15, -0.1) is 0 Å². The van der Waals surface area contributed by atoms with Crippen LogP contribution in [0.3, 0.4) is 0 Å². The van der Waals surface area contributed by atoms with Crippen LogP contribution in [0, 0.1) is 5.82 Å². The molecule has 1 atom stereocenters. The summed E-state index contributed by atoms with van der Waals surface area (Å²) in [6.45, 7) is 3.48. The molecule has 0 aliphatic rings. The molecule has 2 rings (SSSR count). The van der Waals surface area contributed by atoms with Crippen molar-refractivity contribution in [2.24, 2.45) is 0 Å². The molecule has 0 heterocycles. The maximum atomic E-state index is 13.1. The zero-order chi connectivity index (χ0) is 19.6. The van der Waals surface area contributed by atoms with Crippen molar-refractivity contribution < 1.29 is 18.7 Å². The summed E-state index contributed by atoms with van der Waals surface area (Å²) in [5.41, 5.74) is 1.83. The van der Waals surface area contributed by atoms with Crippen LogP contribution in [0.2, 0.25) is 0 Å². The number of methoxy groups -OCH3 is 2. The van der Waals surface area contributed by atoms with Crippen LogP contribution in [0.1, 0.15) is 30.5 Å². The normalized spacial score (nSPS) is 11.7. The highest BCUT2D eigenvalue weighted by molar-refractivity contribution is 5.74. The number of carbonyl (C=O) groups excluding carboxylic acids is 1. The van der Waals surface area contributed by atoms with Gasteiger partial charge in [0.2, 0.25) is 0 Å². The summed E-state index contributed by atoms with van der Waals surface area (Å²) in [6.07, 6.45) is 0.735. The van der Waals surface area contributed by atoms with Crippen molar-refractivity contribution in [1.82, 2.24) is 10.2 Å². The molecule has 5 nitrogen and oxygen atoms in total. The summed E-state index contributed by atoms with van der Waals surface area (Å²) in [4.78, 5) is 14.6. The highest BCUT2D eigenvalue weighted by atomic mass is 19.1. The van der Waals surface area contributed by atoms with E-state index in [4.69, 9.17) is 9.47 Å². The van der Waals surface area contributed by atoms with Crippen molar-refractivity contribution in [2.45, 2.75) is 25.9 Å². The van der Waals surface area contributed by atoms with Gasteiger partial charge in [0.05, 0.1) is 13.2 Å². The summed E-state index contributed by atoms with van der Waals surface area (Å²) in [5, 5.41) is 2.98. The van der Waals surface area contributed by atoms with Crippen molar-refractivity contribution >= 4 is 6.03 Å². The number of hydrogen-bond donors (Lipinski definition) is 1. The van der Waals surface area contributed by atoms with Gasteiger partial charge >= 0.3 is 6.03 Å². The maximum absolute atomic E-state index is 13.1. The Labute approximate surface area is 160 Å². The fourth-order valence-electron chi connectivity index (χ4n) is 2.75. The van der Waals surface area contributed by atoms with E-state index >= 15 is 0 Å². The Morgan fingerprint density at radius 2 is 1.93 bits per heavy atom. The minimum absolute atomic E-state index is 0.175. The van der Waals surface area contributed by atoms with Gasteiger partial charge in [-0.2, -0.15) is 0 Å². The maximum Gasteiger partial charge on any atom is 0.318 e. The lowest BCUT2D eigenvalue weighted by atomic mass is 10.1. The fraction of sp³-hybridized carbons (Fsp3) is 0.381. The second-order valence-corrected chi connectivity index (χ2v) is 6.34. The first-order valence-electron chi connectivity index (χ1n) is 8.96. The van der Waals surface area contributed by atoms with Gasteiger partial charge in [-0.05, 0) is 48.7 Å². The van der Waals surface area contributed by atoms with Crippen molar-refractivity contribution in [3.05, 3.63) is 65.5 Å². The highest BCUT2D eigenvalue weighted by Crippen LogP contribution is 2.17. The standard InChI is InChI=1S/C21H27FN2O3/c1-16(18-8-10-19(22)11-9-18)23-21(25)24(12-5-13-26-2)15-17-6-4-7-20(14-17)27-3/h4,6-11,14,16H,5,12-13,15H2,1-3H3,(H,23,25)/t16-/m0/s1. The molecule has 0 spiro atoms. The largest absolute Gasteiger partial charge is 0.497 e. The molecule has 0 saturated carbocycles. The van der Waals surface area contributed by atoms with Crippen molar-refractivity contribution in [3.63, 3.8) is 0 Å². The number of urea groups is 1. The topological polar surface area (TPSA) is 50.8 Å². The van der Waals surface area contributed by atoms with Gasteiger partial charge in [-0.25, -0.2) is 9.18 Å². The first-order chi connectivity index (χ1) is 13.0. The molecule has 0 radical (unpaired) electrons. The molecular weight excluding hydrogens is 347 g/mol. The van der Waals surface area contributed by atoms with Crippen LogP contribution in [0.25, 0.3) is 0 Å². The number of rotatable bonds is 9. The molecule has 0 aliphatic heterocycles. The summed E-state index contributed by atoms with van der Waals surface area (Å²) in [5.74, 6) is 0.459. The Hall–Kier alpha value is -2.60. The van der Waals surface area contributed by atoms with Gasteiger partial charge in [0.1, 0.15) is 11.6 Å². The molecule has 146 valence electrons. The lowest BCUT2D eigenvalue weighted by Gasteiger charge is -2.26. The van der Waals surface area contributed by atoms with Crippen molar-refractivity contribution in [3.8, 4) is 5.75 Å². The number of carbonyl (C=O) groups is 1. The molecule has 1 N–H and O–H groups in total. The van der Waals surface area contributed by atoms with Crippen LogP contribution in [-0.2, 0) is 11.3 Å². The van der Waals surface area contributed by atoms with Crippen LogP contribution in [0.15, 0.2) is 48.5 Å². The molecule has 0 aliphatic carbocycles. The van der Waals surface area contributed by atoms with E-state index in [1.165, 1.54) is 12.1 Å². The summed E-state index contributed by atoms with van der Waals surface area (Å²) in [7, 11) is 3.26. The number of nitrogens with zero attached hydrogens (tertiary/aromatic N) is 1. The molecule has 0 bridgehead atoms. The molecule has 6 heteroatoms. The van der Waals surface area contributed by atoms with Crippen LogP contribution < -0.4 is 10.1 Å². The van der Waals surface area contributed by atoms with Crippen LogP contribution in [0.5, 0.6) is 5.75 Å². The van der Waals surface area contributed by atoms with E-state index in [1.807, 2.05) is 31.2 Å². The average molecular weight is 374 g/mol. The quantitative estimate of drug-likeness (QED) is 0.671. The molecule has 2 aromatic carbocycles. The lowest BCUT2D eigenvalue weighted by Crippen LogP contribution is -2.41. The number of halogens is 1.